The maximum atomic E-state index is 12.3. The summed E-state index contributed by atoms with van der Waals surface area (Å²) >= 11 is 0. The monoisotopic (exact) mass is 329 g/mol. The van der Waals surface area contributed by atoms with Gasteiger partial charge < -0.3 is 14.8 Å². The van der Waals surface area contributed by atoms with E-state index in [2.05, 4.69) is 10.4 Å². The largest absolute Gasteiger partial charge is 0.376 e. The summed E-state index contributed by atoms with van der Waals surface area (Å²) in [6, 6.07) is 10.8. The van der Waals surface area contributed by atoms with Crippen LogP contribution in [0.15, 0.2) is 41.2 Å². The number of aromatic nitrogens is 2. The Kier molecular flexibility index (Phi) is 5.02. The summed E-state index contributed by atoms with van der Waals surface area (Å²) in [5, 5.41) is 6.91. The van der Waals surface area contributed by atoms with Crippen molar-refractivity contribution in [3.05, 3.63) is 58.0 Å². The van der Waals surface area contributed by atoms with Gasteiger partial charge in [-0.3, -0.25) is 9.59 Å². The second kappa shape index (κ2) is 7.37. The number of para-hydroxylation sites is 1. The van der Waals surface area contributed by atoms with Crippen LogP contribution in [0.5, 0.6) is 0 Å². The zero-order chi connectivity index (χ0) is 16.9. The molecule has 7 nitrogen and oxygen atoms in total. The number of benzene rings is 1. The highest BCUT2D eigenvalue weighted by Crippen LogP contribution is 2.08. The minimum Gasteiger partial charge on any atom is -0.376 e. The van der Waals surface area contributed by atoms with Gasteiger partial charge in [0.15, 0.2) is 5.69 Å². The van der Waals surface area contributed by atoms with Crippen molar-refractivity contribution >= 4 is 5.91 Å². The lowest BCUT2D eigenvalue weighted by Crippen LogP contribution is -2.41. The van der Waals surface area contributed by atoms with Gasteiger partial charge in [0.05, 0.1) is 31.6 Å². The van der Waals surface area contributed by atoms with E-state index in [9.17, 15) is 9.59 Å². The fourth-order valence-electron chi connectivity index (χ4n) is 2.48. The molecule has 0 aliphatic carbocycles. The van der Waals surface area contributed by atoms with Gasteiger partial charge >= 0.3 is 0 Å². The Labute approximate surface area is 139 Å². The van der Waals surface area contributed by atoms with Crippen LogP contribution in [-0.4, -0.2) is 48.2 Å². The molecule has 0 bridgehead atoms. The lowest BCUT2D eigenvalue weighted by molar-refractivity contribution is -0.0855. The highest BCUT2D eigenvalue weighted by Gasteiger charge is 2.19. The van der Waals surface area contributed by atoms with Crippen molar-refractivity contribution in [3.8, 4) is 5.69 Å². The van der Waals surface area contributed by atoms with Crippen LogP contribution in [-0.2, 0) is 9.47 Å². The number of nitrogens with one attached hydrogen (secondary N) is 1. The fraction of sp³-hybridized carbons (Fsp3) is 0.353. The third kappa shape index (κ3) is 3.69. The minimum atomic E-state index is -0.515. The Bertz CT molecular complexity index is 767. The molecule has 24 heavy (non-hydrogen) atoms. The summed E-state index contributed by atoms with van der Waals surface area (Å²) in [4.78, 5) is 24.4. The van der Waals surface area contributed by atoms with E-state index in [0.717, 1.165) is 5.69 Å². The van der Waals surface area contributed by atoms with E-state index in [1.807, 2.05) is 30.3 Å². The average molecular weight is 329 g/mol. The van der Waals surface area contributed by atoms with Crippen molar-refractivity contribution in [3.63, 3.8) is 0 Å². The molecular formula is C17H19N3O4. The van der Waals surface area contributed by atoms with Crippen molar-refractivity contribution in [2.45, 2.75) is 13.0 Å². The van der Waals surface area contributed by atoms with Gasteiger partial charge in [-0.05, 0) is 19.1 Å². The van der Waals surface area contributed by atoms with Crippen LogP contribution in [0.1, 0.15) is 16.2 Å². The van der Waals surface area contributed by atoms with Crippen LogP contribution >= 0.6 is 0 Å². The molecule has 1 aliphatic rings. The zero-order valence-electron chi connectivity index (χ0n) is 13.4. The molecule has 2 aromatic rings. The molecule has 1 aliphatic heterocycles. The van der Waals surface area contributed by atoms with E-state index in [-0.39, 0.29) is 18.3 Å². The number of hydrogen-bond donors (Lipinski definition) is 1. The summed E-state index contributed by atoms with van der Waals surface area (Å²) in [5.41, 5.74) is 0.902. The molecule has 1 aromatic heterocycles. The van der Waals surface area contributed by atoms with E-state index >= 15 is 0 Å². The summed E-state index contributed by atoms with van der Waals surface area (Å²) in [6.45, 7) is 3.54. The Hall–Kier alpha value is -2.51. The SMILES string of the molecule is Cc1cc(=O)c(C(=O)NC[C@H]2COCCO2)nn1-c1ccccc1. The molecule has 2 heterocycles. The molecule has 3 rings (SSSR count). The maximum absolute atomic E-state index is 12.3. The molecule has 0 radical (unpaired) electrons. The predicted octanol–water partition coefficient (Wildman–Crippen LogP) is 0.686. The first-order valence-corrected chi connectivity index (χ1v) is 7.79. The molecule has 0 spiro atoms. The van der Waals surface area contributed by atoms with Gasteiger partial charge in [0.1, 0.15) is 0 Å². The minimum absolute atomic E-state index is 0.138. The lowest BCUT2D eigenvalue weighted by atomic mass is 10.2. The Balaban J connectivity index is 1.79. The van der Waals surface area contributed by atoms with Crippen LogP contribution in [0.2, 0.25) is 0 Å². The Morgan fingerprint density at radius 1 is 1.33 bits per heavy atom. The Morgan fingerprint density at radius 3 is 2.83 bits per heavy atom. The Morgan fingerprint density at radius 2 is 2.12 bits per heavy atom. The second-order valence-corrected chi connectivity index (χ2v) is 5.52. The first-order valence-electron chi connectivity index (χ1n) is 7.79. The van der Waals surface area contributed by atoms with Crippen molar-refractivity contribution in [1.82, 2.24) is 15.1 Å². The molecule has 1 amide bonds. The first-order chi connectivity index (χ1) is 11.6. The number of carbonyl (C=O) groups excluding carboxylic acids is 1. The smallest absolute Gasteiger partial charge is 0.275 e. The second-order valence-electron chi connectivity index (χ2n) is 5.52. The molecule has 0 unspecified atom stereocenters. The van der Waals surface area contributed by atoms with Crippen LogP contribution < -0.4 is 10.7 Å². The van der Waals surface area contributed by atoms with E-state index in [1.54, 1.807) is 11.6 Å². The van der Waals surface area contributed by atoms with Crippen molar-refractivity contribution in [1.29, 1.82) is 0 Å². The molecule has 1 N–H and O–H groups in total. The summed E-state index contributed by atoms with van der Waals surface area (Å²) < 4.78 is 12.3. The number of ether oxygens (including phenoxy) is 2. The molecule has 0 saturated carbocycles. The first kappa shape index (κ1) is 16.4. The van der Waals surface area contributed by atoms with Gasteiger partial charge in [-0.15, -0.1) is 0 Å². The summed E-state index contributed by atoms with van der Waals surface area (Å²) in [6.07, 6.45) is -0.204. The molecule has 126 valence electrons. The quantitative estimate of drug-likeness (QED) is 0.892. The molecule has 7 heteroatoms. The number of hydrogen-bond acceptors (Lipinski definition) is 5. The van der Waals surface area contributed by atoms with E-state index in [4.69, 9.17) is 9.47 Å². The average Bonchev–Trinajstić information content (AvgIpc) is 2.61. The zero-order valence-corrected chi connectivity index (χ0v) is 13.4. The van der Waals surface area contributed by atoms with Crippen LogP contribution in [0.25, 0.3) is 5.69 Å². The molecule has 1 atom stereocenters. The highest BCUT2D eigenvalue weighted by atomic mass is 16.6. The van der Waals surface area contributed by atoms with E-state index in [1.165, 1.54) is 6.07 Å². The number of amides is 1. The molecular weight excluding hydrogens is 310 g/mol. The van der Waals surface area contributed by atoms with Gasteiger partial charge in [0, 0.05) is 18.3 Å². The molecule has 1 saturated heterocycles. The van der Waals surface area contributed by atoms with Crippen LogP contribution in [0.3, 0.4) is 0 Å². The van der Waals surface area contributed by atoms with Gasteiger partial charge in [0.25, 0.3) is 5.91 Å². The predicted molar refractivity (Wildman–Crippen MR) is 87.5 cm³/mol. The molecule has 1 fully saturated rings. The topological polar surface area (TPSA) is 82.5 Å². The van der Waals surface area contributed by atoms with Crippen molar-refractivity contribution in [2.75, 3.05) is 26.4 Å². The van der Waals surface area contributed by atoms with Gasteiger partial charge in [-0.25, -0.2) is 4.68 Å². The number of rotatable bonds is 4. The van der Waals surface area contributed by atoms with Crippen molar-refractivity contribution < 1.29 is 14.3 Å². The molecule has 1 aromatic carbocycles. The summed E-state index contributed by atoms with van der Waals surface area (Å²) in [7, 11) is 0. The van der Waals surface area contributed by atoms with Gasteiger partial charge in [-0.2, -0.15) is 5.10 Å². The van der Waals surface area contributed by atoms with Crippen LogP contribution in [0, 0.1) is 6.92 Å². The van der Waals surface area contributed by atoms with Gasteiger partial charge in [0.2, 0.25) is 5.43 Å². The number of aryl methyl sites for hydroxylation is 1. The fourth-order valence-corrected chi connectivity index (χ4v) is 2.48. The van der Waals surface area contributed by atoms with Crippen molar-refractivity contribution in [2.24, 2.45) is 0 Å². The number of nitrogens with zero attached hydrogens (tertiary/aromatic N) is 2. The normalized spacial score (nSPS) is 17.5. The third-order valence-electron chi connectivity index (χ3n) is 3.70. The third-order valence-corrected chi connectivity index (χ3v) is 3.70. The van der Waals surface area contributed by atoms with E-state index in [0.29, 0.717) is 25.5 Å². The maximum Gasteiger partial charge on any atom is 0.275 e. The van der Waals surface area contributed by atoms with Gasteiger partial charge in [-0.1, -0.05) is 18.2 Å². The standard InChI is InChI=1S/C17H19N3O4/c1-12-9-15(21)16(19-20(12)13-5-3-2-4-6-13)17(22)18-10-14-11-23-7-8-24-14/h2-6,9,14H,7-8,10-11H2,1H3,(H,18,22)/t14-/m0/s1. The lowest BCUT2D eigenvalue weighted by Gasteiger charge is -2.23. The van der Waals surface area contributed by atoms with E-state index < -0.39 is 11.3 Å². The number of carbonyl (C=O) groups is 1. The van der Waals surface area contributed by atoms with Crippen LogP contribution in [0.4, 0.5) is 0 Å². The highest BCUT2D eigenvalue weighted by molar-refractivity contribution is 5.92. The summed E-state index contributed by atoms with van der Waals surface area (Å²) in [5.74, 6) is -0.515.